The van der Waals surface area contributed by atoms with Gasteiger partial charge in [0.1, 0.15) is 11.7 Å². The van der Waals surface area contributed by atoms with Crippen LogP contribution in [0.5, 0.6) is 0 Å². The highest BCUT2D eigenvalue weighted by Gasteiger charge is 2.39. The fraction of sp³-hybridized carbons (Fsp3) is 0.583. The minimum absolute atomic E-state index is 0.147. The molecule has 0 aliphatic heterocycles. The van der Waals surface area contributed by atoms with E-state index in [4.69, 9.17) is 9.84 Å². The lowest BCUT2D eigenvalue weighted by Crippen LogP contribution is -2.21. The molecule has 0 spiro atoms. The third kappa shape index (κ3) is 3.66. The first-order chi connectivity index (χ1) is 9.18. The Morgan fingerprint density at radius 3 is 2.45 bits per heavy atom. The van der Waals surface area contributed by atoms with E-state index < -0.39 is 29.5 Å². The van der Waals surface area contributed by atoms with Crippen LogP contribution in [0.25, 0.3) is 0 Å². The van der Waals surface area contributed by atoms with Gasteiger partial charge in [0, 0.05) is 12.8 Å². The molecule has 1 rings (SSSR count). The Hall–Kier alpha value is -1.70. The number of alkyl halides is 3. The molecule has 0 fully saturated rings. The Morgan fingerprint density at radius 2 is 2.05 bits per heavy atom. The standard InChI is InChI=1S/C12H15F3N2O3/c1-4-20-8(6(2)3)10-16-5-7(11(18)19)9(17-10)12(13,14)15/h5-6,8H,4H2,1-3H3,(H,18,19). The number of nitrogens with zero attached hydrogens (tertiary/aromatic N) is 2. The minimum Gasteiger partial charge on any atom is -0.478 e. The van der Waals surface area contributed by atoms with Crippen LogP contribution >= 0.6 is 0 Å². The van der Waals surface area contributed by atoms with Crippen molar-refractivity contribution < 1.29 is 27.8 Å². The van der Waals surface area contributed by atoms with Gasteiger partial charge in [0.25, 0.3) is 0 Å². The highest BCUT2D eigenvalue weighted by Crippen LogP contribution is 2.32. The second-order valence-corrected chi connectivity index (χ2v) is 4.41. The summed E-state index contributed by atoms with van der Waals surface area (Å²) in [7, 11) is 0. The lowest BCUT2D eigenvalue weighted by atomic mass is 10.1. The van der Waals surface area contributed by atoms with E-state index >= 15 is 0 Å². The van der Waals surface area contributed by atoms with Crippen LogP contribution in [-0.2, 0) is 10.9 Å². The van der Waals surface area contributed by atoms with Gasteiger partial charge in [0.15, 0.2) is 11.5 Å². The largest absolute Gasteiger partial charge is 0.478 e. The van der Waals surface area contributed by atoms with Crippen molar-refractivity contribution in [1.29, 1.82) is 0 Å². The molecular formula is C12H15F3N2O3. The predicted octanol–water partition coefficient (Wildman–Crippen LogP) is 2.93. The number of halogens is 3. The van der Waals surface area contributed by atoms with Gasteiger partial charge in [-0.15, -0.1) is 0 Å². The molecule has 1 unspecified atom stereocenters. The molecule has 1 N–H and O–H groups in total. The molecule has 0 saturated carbocycles. The second-order valence-electron chi connectivity index (χ2n) is 4.41. The predicted molar refractivity (Wildman–Crippen MR) is 63.2 cm³/mol. The summed E-state index contributed by atoms with van der Waals surface area (Å²) in [4.78, 5) is 17.9. The molecule has 1 atom stereocenters. The van der Waals surface area contributed by atoms with Crippen LogP contribution in [0.1, 0.15) is 48.8 Å². The van der Waals surface area contributed by atoms with Crippen molar-refractivity contribution in [2.45, 2.75) is 33.1 Å². The van der Waals surface area contributed by atoms with E-state index in [9.17, 15) is 18.0 Å². The molecule has 0 aliphatic rings. The molecule has 1 heterocycles. The number of ether oxygens (including phenoxy) is 1. The fourth-order valence-corrected chi connectivity index (χ4v) is 1.65. The zero-order valence-electron chi connectivity index (χ0n) is 11.2. The summed E-state index contributed by atoms with van der Waals surface area (Å²) >= 11 is 0. The Kier molecular flexibility index (Phi) is 5.04. The first kappa shape index (κ1) is 16.4. The molecule has 5 nitrogen and oxygen atoms in total. The van der Waals surface area contributed by atoms with Crippen LogP contribution in [0.3, 0.4) is 0 Å². The van der Waals surface area contributed by atoms with E-state index in [-0.39, 0.29) is 18.3 Å². The van der Waals surface area contributed by atoms with Gasteiger partial charge >= 0.3 is 12.1 Å². The van der Waals surface area contributed by atoms with Crippen LogP contribution in [-0.4, -0.2) is 27.7 Å². The third-order valence-electron chi connectivity index (χ3n) is 2.51. The molecule has 0 aliphatic carbocycles. The number of rotatable bonds is 5. The molecule has 0 bridgehead atoms. The zero-order chi connectivity index (χ0) is 15.5. The first-order valence-corrected chi connectivity index (χ1v) is 5.97. The quantitative estimate of drug-likeness (QED) is 0.903. The normalized spacial score (nSPS) is 13.6. The number of carbonyl (C=O) groups is 1. The molecule has 1 aromatic heterocycles. The summed E-state index contributed by atoms with van der Waals surface area (Å²) < 4.78 is 43.9. The highest BCUT2D eigenvalue weighted by molar-refractivity contribution is 5.88. The summed E-state index contributed by atoms with van der Waals surface area (Å²) in [5, 5.41) is 8.76. The van der Waals surface area contributed by atoms with E-state index in [0.717, 1.165) is 0 Å². The van der Waals surface area contributed by atoms with E-state index in [1.807, 2.05) is 0 Å². The smallest absolute Gasteiger partial charge is 0.434 e. The summed E-state index contributed by atoms with van der Waals surface area (Å²) in [6.45, 7) is 5.49. The summed E-state index contributed by atoms with van der Waals surface area (Å²) in [6.07, 6.45) is -4.91. The number of hydrogen-bond donors (Lipinski definition) is 1. The molecule has 8 heteroatoms. The topological polar surface area (TPSA) is 72.3 Å². The lowest BCUT2D eigenvalue weighted by Gasteiger charge is -2.20. The van der Waals surface area contributed by atoms with Gasteiger partial charge in [0.2, 0.25) is 0 Å². The van der Waals surface area contributed by atoms with Gasteiger partial charge in [-0.3, -0.25) is 0 Å². The van der Waals surface area contributed by atoms with Gasteiger partial charge in [-0.25, -0.2) is 14.8 Å². The van der Waals surface area contributed by atoms with Crippen LogP contribution in [0, 0.1) is 5.92 Å². The van der Waals surface area contributed by atoms with Crippen molar-refractivity contribution in [3.63, 3.8) is 0 Å². The van der Waals surface area contributed by atoms with Gasteiger partial charge in [-0.1, -0.05) is 13.8 Å². The second kappa shape index (κ2) is 6.17. The van der Waals surface area contributed by atoms with E-state index in [0.29, 0.717) is 6.20 Å². The molecule has 112 valence electrons. The zero-order valence-corrected chi connectivity index (χ0v) is 11.2. The van der Waals surface area contributed by atoms with Crippen molar-refractivity contribution in [1.82, 2.24) is 9.97 Å². The molecule has 0 saturated heterocycles. The Balaban J connectivity index is 3.34. The average molecular weight is 292 g/mol. The minimum atomic E-state index is -4.86. The third-order valence-corrected chi connectivity index (χ3v) is 2.51. The Labute approximate surface area is 113 Å². The number of aromatic nitrogens is 2. The maximum Gasteiger partial charge on any atom is 0.434 e. The van der Waals surface area contributed by atoms with Crippen molar-refractivity contribution in [2.24, 2.45) is 5.92 Å². The van der Waals surface area contributed by atoms with Crippen LogP contribution < -0.4 is 0 Å². The Bertz CT molecular complexity index is 489. The van der Waals surface area contributed by atoms with Crippen LogP contribution in [0.2, 0.25) is 0 Å². The van der Waals surface area contributed by atoms with Crippen molar-refractivity contribution >= 4 is 5.97 Å². The number of carboxylic acids is 1. The van der Waals surface area contributed by atoms with Crippen molar-refractivity contribution in [2.75, 3.05) is 6.61 Å². The summed E-state index contributed by atoms with van der Waals surface area (Å²) in [5.41, 5.74) is -2.43. The van der Waals surface area contributed by atoms with Crippen molar-refractivity contribution in [3.8, 4) is 0 Å². The SMILES string of the molecule is CCOC(c1ncc(C(=O)O)c(C(F)(F)F)n1)C(C)C. The van der Waals surface area contributed by atoms with Gasteiger partial charge in [-0.2, -0.15) is 13.2 Å². The molecule has 0 amide bonds. The van der Waals surface area contributed by atoms with E-state index in [1.165, 1.54) is 0 Å². The average Bonchev–Trinajstić information content (AvgIpc) is 2.33. The van der Waals surface area contributed by atoms with E-state index in [2.05, 4.69) is 9.97 Å². The number of carboxylic acid groups (broad SMARTS) is 1. The van der Waals surface area contributed by atoms with Gasteiger partial charge in [-0.05, 0) is 12.8 Å². The summed E-state index contributed by atoms with van der Waals surface area (Å²) in [5.74, 6) is -2.03. The van der Waals surface area contributed by atoms with Crippen LogP contribution in [0.4, 0.5) is 13.2 Å². The molecule has 0 radical (unpaired) electrons. The highest BCUT2D eigenvalue weighted by atomic mass is 19.4. The summed E-state index contributed by atoms with van der Waals surface area (Å²) in [6, 6.07) is 0. The molecular weight excluding hydrogens is 277 g/mol. The maximum absolute atomic E-state index is 12.8. The fourth-order valence-electron chi connectivity index (χ4n) is 1.65. The number of aromatic carboxylic acids is 1. The molecule has 1 aromatic rings. The molecule has 0 aromatic carbocycles. The van der Waals surface area contributed by atoms with Crippen LogP contribution in [0.15, 0.2) is 6.20 Å². The van der Waals surface area contributed by atoms with Gasteiger partial charge < -0.3 is 9.84 Å². The van der Waals surface area contributed by atoms with Crippen molar-refractivity contribution in [3.05, 3.63) is 23.3 Å². The molecule has 20 heavy (non-hydrogen) atoms. The Morgan fingerprint density at radius 1 is 1.45 bits per heavy atom. The van der Waals surface area contributed by atoms with E-state index in [1.54, 1.807) is 20.8 Å². The number of hydrogen-bond acceptors (Lipinski definition) is 4. The lowest BCUT2D eigenvalue weighted by molar-refractivity contribution is -0.142. The first-order valence-electron chi connectivity index (χ1n) is 5.97. The maximum atomic E-state index is 12.8. The van der Waals surface area contributed by atoms with Gasteiger partial charge in [0.05, 0.1) is 0 Å². The monoisotopic (exact) mass is 292 g/mol.